The SMILES string of the molecule is Cc1cc([O-])cc(C)c1Cl.c1ccc(C[P+](c2ccccc2)(c2ccccc2)c2ccccc2)cc1. The zero-order valence-corrected chi connectivity index (χ0v) is 22.3. The monoisotopic (exact) mass is 508 g/mol. The molecular formula is C33H30ClOP. The van der Waals surface area contributed by atoms with Gasteiger partial charge in [-0.2, -0.15) is 0 Å². The number of aryl methyl sites for hydroxylation is 2. The molecule has 0 aliphatic heterocycles. The van der Waals surface area contributed by atoms with Crippen molar-refractivity contribution in [2.75, 3.05) is 0 Å². The van der Waals surface area contributed by atoms with Gasteiger partial charge in [0.25, 0.3) is 0 Å². The van der Waals surface area contributed by atoms with Crippen molar-refractivity contribution < 1.29 is 5.11 Å². The van der Waals surface area contributed by atoms with Gasteiger partial charge in [-0.15, -0.1) is 5.75 Å². The first kappa shape index (κ1) is 25.7. The molecule has 0 heterocycles. The Kier molecular flexibility index (Phi) is 8.60. The summed E-state index contributed by atoms with van der Waals surface area (Å²) in [6.07, 6.45) is 1.03. The van der Waals surface area contributed by atoms with E-state index in [-0.39, 0.29) is 5.75 Å². The van der Waals surface area contributed by atoms with Gasteiger partial charge < -0.3 is 5.11 Å². The molecule has 0 spiro atoms. The molecule has 0 saturated carbocycles. The zero-order chi connectivity index (χ0) is 25.4. The molecule has 0 fully saturated rings. The van der Waals surface area contributed by atoms with Crippen molar-refractivity contribution in [3.8, 4) is 5.75 Å². The Labute approximate surface area is 220 Å². The fourth-order valence-electron chi connectivity index (χ4n) is 4.53. The van der Waals surface area contributed by atoms with Crippen LogP contribution in [-0.2, 0) is 6.16 Å². The average Bonchev–Trinajstić information content (AvgIpc) is 2.93. The van der Waals surface area contributed by atoms with E-state index in [4.69, 9.17) is 11.6 Å². The number of rotatable bonds is 5. The molecule has 1 nitrogen and oxygen atoms in total. The second kappa shape index (κ2) is 12.0. The Balaban J connectivity index is 0.000000256. The molecule has 0 atom stereocenters. The summed E-state index contributed by atoms with van der Waals surface area (Å²) in [5.41, 5.74) is 3.09. The van der Waals surface area contributed by atoms with Gasteiger partial charge in [-0.3, -0.25) is 0 Å². The predicted molar refractivity (Wildman–Crippen MR) is 156 cm³/mol. The van der Waals surface area contributed by atoms with E-state index in [9.17, 15) is 5.11 Å². The van der Waals surface area contributed by atoms with Gasteiger partial charge in [-0.1, -0.05) is 109 Å². The van der Waals surface area contributed by atoms with Crippen LogP contribution in [0.5, 0.6) is 5.75 Å². The molecule has 0 N–H and O–H groups in total. The number of hydrogen-bond donors (Lipinski definition) is 0. The van der Waals surface area contributed by atoms with Crippen LogP contribution >= 0.6 is 18.9 Å². The fraction of sp³-hybridized carbons (Fsp3) is 0.0909. The molecule has 180 valence electrons. The highest BCUT2D eigenvalue weighted by atomic mass is 35.5. The first-order valence-electron chi connectivity index (χ1n) is 12.0. The summed E-state index contributed by atoms with van der Waals surface area (Å²) in [6, 6.07) is 47.1. The second-order valence-corrected chi connectivity index (χ2v) is 12.7. The van der Waals surface area contributed by atoms with Gasteiger partial charge in [0, 0.05) is 5.02 Å². The van der Waals surface area contributed by atoms with Crippen molar-refractivity contribution in [2.45, 2.75) is 20.0 Å². The minimum Gasteiger partial charge on any atom is -0.872 e. The predicted octanol–water partition coefficient (Wildman–Crippen LogP) is 7.21. The van der Waals surface area contributed by atoms with E-state index in [1.54, 1.807) is 0 Å². The van der Waals surface area contributed by atoms with Crippen LogP contribution in [0, 0.1) is 13.8 Å². The maximum atomic E-state index is 10.8. The first-order valence-corrected chi connectivity index (χ1v) is 14.4. The standard InChI is InChI=1S/C25H22P.C8H9ClO/c1-5-13-22(14-6-1)21-26(23-15-7-2-8-16-23,24-17-9-3-10-18-24)25-19-11-4-12-20-25;1-5-3-7(10)4-6(2)8(5)9/h1-20H,21H2;3-4,10H,1-2H3/q+1;/p-1. The van der Waals surface area contributed by atoms with Gasteiger partial charge in [0.15, 0.2) is 0 Å². The molecule has 0 saturated heterocycles. The Morgan fingerprint density at radius 1 is 0.556 bits per heavy atom. The van der Waals surface area contributed by atoms with E-state index in [1.165, 1.54) is 33.6 Å². The van der Waals surface area contributed by atoms with Crippen molar-refractivity contribution in [2.24, 2.45) is 0 Å². The normalized spacial score (nSPS) is 10.9. The summed E-state index contributed by atoms with van der Waals surface area (Å²) in [6.45, 7) is 3.66. The lowest BCUT2D eigenvalue weighted by Gasteiger charge is -2.27. The quantitative estimate of drug-likeness (QED) is 0.230. The minimum absolute atomic E-state index is 0.0272. The fourth-order valence-corrected chi connectivity index (χ4v) is 8.89. The van der Waals surface area contributed by atoms with E-state index in [1.807, 2.05) is 13.8 Å². The molecular weight excluding hydrogens is 479 g/mol. The summed E-state index contributed by atoms with van der Waals surface area (Å²) in [7, 11) is -1.78. The summed E-state index contributed by atoms with van der Waals surface area (Å²) in [5, 5.41) is 15.8. The Morgan fingerprint density at radius 3 is 1.25 bits per heavy atom. The number of benzene rings is 5. The van der Waals surface area contributed by atoms with Crippen LogP contribution < -0.4 is 21.0 Å². The van der Waals surface area contributed by atoms with Gasteiger partial charge in [0.05, 0.1) is 6.16 Å². The summed E-state index contributed by atoms with van der Waals surface area (Å²) < 4.78 is 0. The third kappa shape index (κ3) is 5.88. The molecule has 0 aliphatic carbocycles. The average molecular weight is 509 g/mol. The topological polar surface area (TPSA) is 23.1 Å². The Hall–Kier alpha value is -3.38. The van der Waals surface area contributed by atoms with Crippen LogP contribution in [0.1, 0.15) is 16.7 Å². The van der Waals surface area contributed by atoms with Crippen molar-refractivity contribution in [3.05, 3.63) is 155 Å². The van der Waals surface area contributed by atoms with Gasteiger partial charge in [0.1, 0.15) is 23.2 Å². The van der Waals surface area contributed by atoms with Crippen molar-refractivity contribution in [1.29, 1.82) is 0 Å². The lowest BCUT2D eigenvalue weighted by atomic mass is 10.1. The zero-order valence-electron chi connectivity index (χ0n) is 20.6. The van der Waals surface area contributed by atoms with Crippen LogP contribution in [0.15, 0.2) is 133 Å². The largest absolute Gasteiger partial charge is 0.872 e. The Bertz CT molecular complexity index is 1250. The maximum absolute atomic E-state index is 10.8. The van der Waals surface area contributed by atoms with Crippen molar-refractivity contribution in [1.82, 2.24) is 0 Å². The molecule has 5 aromatic carbocycles. The van der Waals surface area contributed by atoms with Crippen LogP contribution in [-0.4, -0.2) is 0 Å². The maximum Gasteiger partial charge on any atom is 0.116 e. The Morgan fingerprint density at radius 2 is 0.889 bits per heavy atom. The van der Waals surface area contributed by atoms with Crippen LogP contribution in [0.2, 0.25) is 5.02 Å². The van der Waals surface area contributed by atoms with Gasteiger partial charge in [-0.05, 0) is 66.9 Å². The lowest BCUT2D eigenvalue weighted by molar-refractivity contribution is -0.268. The second-order valence-electron chi connectivity index (χ2n) is 8.83. The molecule has 0 aliphatic rings. The molecule has 0 aromatic heterocycles. The molecule has 0 bridgehead atoms. The van der Waals surface area contributed by atoms with E-state index < -0.39 is 7.26 Å². The van der Waals surface area contributed by atoms with E-state index >= 15 is 0 Å². The summed E-state index contributed by atoms with van der Waals surface area (Å²) in [5.74, 6) is 0.0272. The third-order valence-corrected chi connectivity index (χ3v) is 11.2. The molecule has 0 amide bonds. The van der Waals surface area contributed by atoms with Gasteiger partial charge in [0.2, 0.25) is 0 Å². The molecule has 0 unspecified atom stereocenters. The highest BCUT2D eigenvalue weighted by Gasteiger charge is 2.45. The molecule has 3 heteroatoms. The lowest BCUT2D eigenvalue weighted by Crippen LogP contribution is -2.32. The number of hydrogen-bond acceptors (Lipinski definition) is 1. The third-order valence-electron chi connectivity index (χ3n) is 6.26. The van der Waals surface area contributed by atoms with E-state index in [0.29, 0.717) is 5.02 Å². The van der Waals surface area contributed by atoms with Crippen LogP contribution in [0.25, 0.3) is 0 Å². The minimum atomic E-state index is -1.78. The summed E-state index contributed by atoms with van der Waals surface area (Å²) >= 11 is 5.81. The molecule has 5 rings (SSSR count). The van der Waals surface area contributed by atoms with Gasteiger partial charge in [-0.25, -0.2) is 0 Å². The summed E-state index contributed by atoms with van der Waals surface area (Å²) in [4.78, 5) is 0. The number of halogens is 1. The van der Waals surface area contributed by atoms with Crippen molar-refractivity contribution in [3.63, 3.8) is 0 Å². The highest BCUT2D eigenvalue weighted by molar-refractivity contribution is 7.95. The molecule has 0 radical (unpaired) electrons. The highest BCUT2D eigenvalue weighted by Crippen LogP contribution is 2.58. The van der Waals surface area contributed by atoms with Crippen molar-refractivity contribution >= 4 is 34.8 Å². The molecule has 36 heavy (non-hydrogen) atoms. The molecule has 5 aromatic rings. The van der Waals surface area contributed by atoms with Crippen LogP contribution in [0.3, 0.4) is 0 Å². The van der Waals surface area contributed by atoms with E-state index in [0.717, 1.165) is 17.3 Å². The van der Waals surface area contributed by atoms with Crippen LogP contribution in [0.4, 0.5) is 0 Å². The first-order chi connectivity index (χ1) is 17.5. The van der Waals surface area contributed by atoms with Gasteiger partial charge >= 0.3 is 0 Å². The smallest absolute Gasteiger partial charge is 0.116 e. The van der Waals surface area contributed by atoms with E-state index in [2.05, 4.69) is 121 Å².